The van der Waals surface area contributed by atoms with Gasteiger partial charge in [-0.05, 0) is 30.5 Å². The monoisotopic (exact) mass is 344 g/mol. The van der Waals surface area contributed by atoms with Crippen LogP contribution in [0.4, 0.5) is 0 Å². The molecular formula is C17H20N4O4. The van der Waals surface area contributed by atoms with Crippen molar-refractivity contribution in [3.8, 4) is 6.07 Å². The second-order valence-corrected chi connectivity index (χ2v) is 6.05. The van der Waals surface area contributed by atoms with Crippen molar-refractivity contribution < 1.29 is 19.2 Å². The molecule has 3 atom stereocenters. The molecule has 2 rings (SSSR count). The van der Waals surface area contributed by atoms with Gasteiger partial charge in [0, 0.05) is 6.54 Å². The number of aldehydes is 1. The standard InChI is InChI=1S/C17H20N4O4/c1-2-13(14(23)25-20)17(19,10-22)16(7-8-21-15(16)24)12-5-3-11(9-18)4-6-12/h3-6,10,13H,2,7-8,19-20H2,1H3,(H,21,24). The molecule has 3 unspecified atom stereocenters. The minimum Gasteiger partial charge on any atom is -0.373 e. The third-order valence-electron chi connectivity index (χ3n) is 5.00. The molecule has 1 heterocycles. The van der Waals surface area contributed by atoms with Crippen molar-refractivity contribution in [3.63, 3.8) is 0 Å². The highest BCUT2D eigenvalue weighted by atomic mass is 16.7. The second kappa shape index (κ2) is 7.01. The molecule has 1 aromatic carbocycles. The molecule has 1 aliphatic rings. The minimum atomic E-state index is -1.85. The summed E-state index contributed by atoms with van der Waals surface area (Å²) in [7, 11) is 0. The van der Waals surface area contributed by atoms with Gasteiger partial charge in [0.05, 0.1) is 17.6 Å². The number of nitrogens with two attached hydrogens (primary N) is 2. The molecular weight excluding hydrogens is 324 g/mol. The lowest BCUT2D eigenvalue weighted by atomic mass is 9.59. The van der Waals surface area contributed by atoms with Crippen LogP contribution in [0.25, 0.3) is 0 Å². The van der Waals surface area contributed by atoms with E-state index in [1.54, 1.807) is 19.1 Å². The minimum absolute atomic E-state index is 0.163. The Morgan fingerprint density at radius 2 is 2.16 bits per heavy atom. The summed E-state index contributed by atoms with van der Waals surface area (Å²) < 4.78 is 0. The van der Waals surface area contributed by atoms with Crippen LogP contribution in [0.5, 0.6) is 0 Å². The van der Waals surface area contributed by atoms with Crippen LogP contribution in [0, 0.1) is 17.2 Å². The van der Waals surface area contributed by atoms with Gasteiger partial charge in [0.25, 0.3) is 0 Å². The first-order valence-corrected chi connectivity index (χ1v) is 7.86. The third kappa shape index (κ3) is 2.67. The molecule has 1 amide bonds. The molecule has 0 aromatic heterocycles. The largest absolute Gasteiger partial charge is 0.373 e. The van der Waals surface area contributed by atoms with Gasteiger partial charge in [0.15, 0.2) is 0 Å². The van der Waals surface area contributed by atoms with E-state index in [9.17, 15) is 14.4 Å². The highest BCUT2D eigenvalue weighted by Gasteiger charge is 2.62. The Labute approximate surface area is 145 Å². The highest BCUT2D eigenvalue weighted by Crippen LogP contribution is 2.44. The number of hydrogen-bond donors (Lipinski definition) is 3. The number of carbonyl (C=O) groups excluding carboxylic acids is 3. The summed E-state index contributed by atoms with van der Waals surface area (Å²) in [6, 6.07) is 8.22. The molecule has 0 radical (unpaired) electrons. The summed E-state index contributed by atoms with van der Waals surface area (Å²) in [4.78, 5) is 41.3. The Bertz CT molecular complexity index is 727. The third-order valence-corrected chi connectivity index (χ3v) is 5.00. The molecule has 25 heavy (non-hydrogen) atoms. The van der Waals surface area contributed by atoms with Crippen LogP contribution in [0.2, 0.25) is 0 Å². The fourth-order valence-electron chi connectivity index (χ4n) is 3.66. The number of nitriles is 1. The molecule has 1 aliphatic heterocycles. The smallest absolute Gasteiger partial charge is 0.329 e. The molecule has 1 saturated heterocycles. The van der Waals surface area contributed by atoms with E-state index in [1.165, 1.54) is 12.1 Å². The first kappa shape index (κ1) is 18.6. The summed E-state index contributed by atoms with van der Waals surface area (Å²) in [5, 5.41) is 11.6. The van der Waals surface area contributed by atoms with Gasteiger partial charge >= 0.3 is 5.97 Å². The molecule has 0 aliphatic carbocycles. The number of nitrogens with one attached hydrogen (secondary N) is 1. The number of benzene rings is 1. The van der Waals surface area contributed by atoms with Crippen molar-refractivity contribution in [2.24, 2.45) is 17.5 Å². The molecule has 1 fully saturated rings. The molecule has 1 aromatic rings. The van der Waals surface area contributed by atoms with E-state index in [0.717, 1.165) is 0 Å². The highest BCUT2D eigenvalue weighted by molar-refractivity contribution is 5.99. The van der Waals surface area contributed by atoms with Crippen molar-refractivity contribution in [3.05, 3.63) is 35.4 Å². The first-order chi connectivity index (χ1) is 11.9. The fraction of sp³-hybridized carbons (Fsp3) is 0.412. The van der Waals surface area contributed by atoms with Gasteiger partial charge in [0.2, 0.25) is 5.91 Å². The summed E-state index contributed by atoms with van der Waals surface area (Å²) in [6.07, 6.45) is 0.819. The van der Waals surface area contributed by atoms with E-state index in [2.05, 4.69) is 10.2 Å². The number of hydrogen-bond acceptors (Lipinski definition) is 7. The predicted octanol–water partition coefficient (Wildman–Crippen LogP) is -0.345. The summed E-state index contributed by atoms with van der Waals surface area (Å²) >= 11 is 0. The number of amides is 1. The number of rotatable bonds is 6. The SMILES string of the molecule is CCC(C(=O)ON)C(N)(C=O)C1(c2ccc(C#N)cc2)CCNC1=O. The van der Waals surface area contributed by atoms with Crippen LogP contribution in [0.15, 0.2) is 24.3 Å². The van der Waals surface area contributed by atoms with E-state index in [-0.39, 0.29) is 12.8 Å². The van der Waals surface area contributed by atoms with Crippen molar-refractivity contribution in [1.29, 1.82) is 5.26 Å². The summed E-state index contributed by atoms with van der Waals surface area (Å²) in [6.45, 7) is 1.96. The van der Waals surface area contributed by atoms with E-state index >= 15 is 0 Å². The van der Waals surface area contributed by atoms with E-state index in [1.807, 2.05) is 6.07 Å². The zero-order valence-corrected chi connectivity index (χ0v) is 13.8. The molecule has 132 valence electrons. The second-order valence-electron chi connectivity index (χ2n) is 6.05. The van der Waals surface area contributed by atoms with Gasteiger partial charge in [-0.25, -0.2) is 4.79 Å². The van der Waals surface area contributed by atoms with Crippen LogP contribution in [-0.2, 0) is 24.6 Å². The Hall–Kier alpha value is -2.76. The van der Waals surface area contributed by atoms with E-state index < -0.39 is 28.7 Å². The maximum Gasteiger partial charge on any atom is 0.329 e. The van der Waals surface area contributed by atoms with Crippen LogP contribution in [0.1, 0.15) is 30.9 Å². The zero-order chi connectivity index (χ0) is 18.7. The summed E-state index contributed by atoms with van der Waals surface area (Å²) in [5.41, 5.74) is 3.96. The van der Waals surface area contributed by atoms with Crippen molar-refractivity contribution in [2.75, 3.05) is 6.54 Å². The zero-order valence-electron chi connectivity index (χ0n) is 13.8. The average Bonchev–Trinajstić information content (AvgIpc) is 3.04. The lowest BCUT2D eigenvalue weighted by Crippen LogP contribution is -2.68. The van der Waals surface area contributed by atoms with Gasteiger partial charge in [-0.15, -0.1) is 0 Å². The molecule has 5 N–H and O–H groups in total. The van der Waals surface area contributed by atoms with E-state index in [4.69, 9.17) is 16.9 Å². The van der Waals surface area contributed by atoms with E-state index in [0.29, 0.717) is 24.0 Å². The molecule has 8 heteroatoms. The maximum absolute atomic E-state index is 12.8. The van der Waals surface area contributed by atoms with Gasteiger partial charge in [0.1, 0.15) is 17.2 Å². The quantitative estimate of drug-likeness (QED) is 0.472. The number of carbonyl (C=O) groups is 3. The van der Waals surface area contributed by atoms with Crippen LogP contribution in [-0.4, -0.2) is 30.2 Å². The van der Waals surface area contributed by atoms with Crippen molar-refractivity contribution in [1.82, 2.24) is 5.32 Å². The average molecular weight is 344 g/mol. The molecule has 0 bridgehead atoms. The lowest BCUT2D eigenvalue weighted by molar-refractivity contribution is -0.155. The molecule has 8 nitrogen and oxygen atoms in total. The van der Waals surface area contributed by atoms with Crippen LogP contribution in [0.3, 0.4) is 0 Å². The normalized spacial score (nSPS) is 23.0. The first-order valence-electron chi connectivity index (χ1n) is 7.86. The Morgan fingerprint density at radius 3 is 2.56 bits per heavy atom. The van der Waals surface area contributed by atoms with Crippen LogP contribution >= 0.6 is 0 Å². The van der Waals surface area contributed by atoms with Gasteiger partial charge in [-0.2, -0.15) is 11.2 Å². The fourth-order valence-corrected chi connectivity index (χ4v) is 3.66. The maximum atomic E-state index is 12.8. The Balaban J connectivity index is 2.69. The predicted molar refractivity (Wildman–Crippen MR) is 87.5 cm³/mol. The topological polar surface area (TPSA) is 148 Å². The van der Waals surface area contributed by atoms with Gasteiger partial charge in [-0.1, -0.05) is 19.1 Å². The van der Waals surface area contributed by atoms with Crippen LogP contribution < -0.4 is 16.9 Å². The lowest BCUT2D eigenvalue weighted by Gasteiger charge is -2.44. The Kier molecular flexibility index (Phi) is 5.21. The van der Waals surface area contributed by atoms with Gasteiger partial charge in [-0.3, -0.25) is 4.79 Å². The molecule has 0 spiro atoms. The Morgan fingerprint density at radius 1 is 1.52 bits per heavy atom. The summed E-state index contributed by atoms with van der Waals surface area (Å²) in [5.74, 6) is 2.59. The molecule has 0 saturated carbocycles. The van der Waals surface area contributed by atoms with Gasteiger partial charge < -0.3 is 20.7 Å². The van der Waals surface area contributed by atoms with Crippen molar-refractivity contribution >= 4 is 18.2 Å². The number of nitrogens with zero attached hydrogens (tertiary/aromatic N) is 1. The van der Waals surface area contributed by atoms with Crippen molar-refractivity contribution in [2.45, 2.75) is 30.7 Å².